The molecule has 0 radical (unpaired) electrons. The van der Waals surface area contributed by atoms with Gasteiger partial charge in [0.2, 0.25) is 0 Å². The van der Waals surface area contributed by atoms with E-state index in [9.17, 15) is 4.79 Å². The van der Waals surface area contributed by atoms with Crippen molar-refractivity contribution in [1.29, 1.82) is 0 Å². The molecule has 0 amide bonds. The van der Waals surface area contributed by atoms with Crippen LogP contribution in [0.5, 0.6) is 5.75 Å². The number of hydrogen-bond acceptors (Lipinski definition) is 6. The molecule has 2 rings (SSSR count). The van der Waals surface area contributed by atoms with E-state index < -0.39 is 5.97 Å². The Morgan fingerprint density at radius 3 is 2.32 bits per heavy atom. The number of aliphatic hydroxyl groups excluding tert-OH is 1. The summed E-state index contributed by atoms with van der Waals surface area (Å²) in [7, 11) is 2.92. The van der Waals surface area contributed by atoms with Crippen molar-refractivity contribution in [3.63, 3.8) is 0 Å². The van der Waals surface area contributed by atoms with Crippen LogP contribution in [0, 0.1) is 0 Å². The number of aromatic hydroxyl groups is 1. The fourth-order valence-electron chi connectivity index (χ4n) is 1.32. The zero-order chi connectivity index (χ0) is 13.7. The van der Waals surface area contributed by atoms with Gasteiger partial charge >= 0.3 is 5.97 Å². The molecule has 0 saturated heterocycles. The van der Waals surface area contributed by atoms with E-state index in [1.54, 1.807) is 0 Å². The average Bonchev–Trinajstić information content (AvgIpc) is 2.46. The summed E-state index contributed by atoms with van der Waals surface area (Å²) in [4.78, 5) is 13.5. The van der Waals surface area contributed by atoms with Crippen LogP contribution >= 0.6 is 21.6 Å². The lowest BCUT2D eigenvalue weighted by Gasteiger charge is -2.12. The first-order valence-corrected chi connectivity index (χ1v) is 7.65. The lowest BCUT2D eigenvalue weighted by atomic mass is 10.2. The van der Waals surface area contributed by atoms with Gasteiger partial charge in [-0.15, -0.1) is 0 Å². The van der Waals surface area contributed by atoms with Crippen molar-refractivity contribution < 1.29 is 19.7 Å². The number of benzene rings is 1. The predicted octanol–water partition coefficient (Wildman–Crippen LogP) is 2.70. The maximum absolute atomic E-state index is 11.7. The first-order chi connectivity index (χ1) is 9.19. The number of phenols is 1. The van der Waals surface area contributed by atoms with Crippen LogP contribution in [0.2, 0.25) is 0 Å². The van der Waals surface area contributed by atoms with E-state index in [4.69, 9.17) is 14.9 Å². The molecule has 0 unspecified atom stereocenters. The van der Waals surface area contributed by atoms with Gasteiger partial charge < -0.3 is 14.9 Å². The maximum atomic E-state index is 11.7. The second-order valence-corrected chi connectivity index (χ2v) is 6.10. The predicted molar refractivity (Wildman–Crippen MR) is 76.8 cm³/mol. The summed E-state index contributed by atoms with van der Waals surface area (Å²) < 4.78 is 5.16. The molecular weight excluding hydrogens is 284 g/mol. The third-order valence-electron chi connectivity index (χ3n) is 2.32. The molecule has 1 aromatic rings. The van der Waals surface area contributed by atoms with Crippen molar-refractivity contribution in [2.24, 2.45) is 0 Å². The lowest BCUT2D eigenvalue weighted by molar-refractivity contribution is 0.0546. The highest BCUT2D eigenvalue weighted by atomic mass is 33.1. The molecule has 0 aliphatic carbocycles. The Morgan fingerprint density at radius 1 is 1.11 bits per heavy atom. The zero-order valence-corrected chi connectivity index (χ0v) is 11.5. The number of ether oxygens (including phenoxy) is 1. The van der Waals surface area contributed by atoms with E-state index in [-0.39, 0.29) is 19.0 Å². The van der Waals surface area contributed by atoms with E-state index >= 15 is 0 Å². The number of aliphatic hydroxyl groups is 1. The first kappa shape index (κ1) is 14.0. The number of allylic oxidation sites excluding steroid dienone is 2. The molecule has 0 spiro atoms. The highest BCUT2D eigenvalue weighted by molar-refractivity contribution is 8.79. The van der Waals surface area contributed by atoms with Gasteiger partial charge in [-0.2, -0.15) is 0 Å². The van der Waals surface area contributed by atoms with Gasteiger partial charge in [-0.05, 0) is 36.4 Å². The summed E-state index contributed by atoms with van der Waals surface area (Å²) in [6.07, 6.45) is 3.64. The van der Waals surface area contributed by atoms with Gasteiger partial charge in [0.1, 0.15) is 12.4 Å². The van der Waals surface area contributed by atoms with Gasteiger partial charge in [0.05, 0.1) is 12.2 Å². The minimum Gasteiger partial charge on any atom is -0.508 e. The van der Waals surface area contributed by atoms with Crippen molar-refractivity contribution in [1.82, 2.24) is 0 Å². The fraction of sp³-hybridized carbons (Fsp3) is 0.154. The molecule has 1 aliphatic heterocycles. The smallest absolute Gasteiger partial charge is 0.338 e. The Morgan fingerprint density at radius 2 is 1.74 bits per heavy atom. The number of esters is 1. The van der Waals surface area contributed by atoms with Gasteiger partial charge in [0.25, 0.3) is 0 Å². The molecule has 1 aromatic carbocycles. The van der Waals surface area contributed by atoms with Crippen molar-refractivity contribution in [2.45, 2.75) is 0 Å². The van der Waals surface area contributed by atoms with Gasteiger partial charge in [0.15, 0.2) is 0 Å². The molecule has 19 heavy (non-hydrogen) atoms. The number of carbonyl (C=O) groups excluding carboxylic acids is 1. The topological polar surface area (TPSA) is 66.8 Å². The number of carbonyl (C=O) groups is 1. The second-order valence-electron chi connectivity index (χ2n) is 3.71. The van der Waals surface area contributed by atoms with Gasteiger partial charge in [0, 0.05) is 9.81 Å². The molecule has 1 heterocycles. The summed E-state index contributed by atoms with van der Waals surface area (Å²) >= 11 is 0. The van der Waals surface area contributed by atoms with Crippen molar-refractivity contribution >= 4 is 27.6 Å². The highest BCUT2D eigenvalue weighted by Gasteiger charge is 2.11. The van der Waals surface area contributed by atoms with E-state index in [1.807, 2.05) is 12.2 Å². The molecule has 6 heteroatoms. The van der Waals surface area contributed by atoms with E-state index in [0.29, 0.717) is 5.56 Å². The number of phenolic OH excluding ortho intramolecular Hbond substituents is 1. The van der Waals surface area contributed by atoms with Crippen molar-refractivity contribution in [2.75, 3.05) is 13.2 Å². The minimum absolute atomic E-state index is 0.0226. The fourth-order valence-corrected chi connectivity index (χ4v) is 3.22. The third kappa shape index (κ3) is 4.05. The maximum Gasteiger partial charge on any atom is 0.338 e. The molecule has 0 saturated carbocycles. The van der Waals surface area contributed by atoms with E-state index in [0.717, 1.165) is 9.81 Å². The minimum atomic E-state index is -0.427. The Balaban J connectivity index is 1.89. The summed E-state index contributed by atoms with van der Waals surface area (Å²) in [6, 6.07) is 5.91. The third-order valence-corrected chi connectivity index (χ3v) is 4.88. The average molecular weight is 296 g/mol. The Bertz CT molecular complexity index is 520. The van der Waals surface area contributed by atoms with Crippen LogP contribution in [-0.2, 0) is 4.74 Å². The first-order valence-electron chi connectivity index (χ1n) is 5.50. The molecular formula is C13H12O4S2. The largest absolute Gasteiger partial charge is 0.508 e. The zero-order valence-electron chi connectivity index (χ0n) is 9.91. The van der Waals surface area contributed by atoms with Crippen LogP contribution < -0.4 is 0 Å². The summed E-state index contributed by atoms with van der Waals surface area (Å²) in [6.45, 7) is 0.224. The molecule has 0 aromatic heterocycles. The molecule has 0 fully saturated rings. The van der Waals surface area contributed by atoms with Crippen LogP contribution in [-0.4, -0.2) is 29.4 Å². The number of rotatable bonds is 4. The molecule has 2 N–H and O–H groups in total. The van der Waals surface area contributed by atoms with Crippen LogP contribution in [0.15, 0.2) is 46.2 Å². The SMILES string of the molecule is O=C(OCC1=CC=C(CO)SS1)c1ccc(O)cc1. The molecule has 100 valence electrons. The van der Waals surface area contributed by atoms with E-state index in [2.05, 4.69) is 0 Å². The second kappa shape index (κ2) is 6.70. The van der Waals surface area contributed by atoms with Crippen LogP contribution in [0.25, 0.3) is 0 Å². The lowest BCUT2D eigenvalue weighted by Crippen LogP contribution is -2.07. The van der Waals surface area contributed by atoms with Gasteiger partial charge in [-0.3, -0.25) is 0 Å². The highest BCUT2D eigenvalue weighted by Crippen LogP contribution is 2.39. The van der Waals surface area contributed by atoms with E-state index in [1.165, 1.54) is 45.9 Å². The summed E-state index contributed by atoms with van der Waals surface area (Å²) in [5.41, 5.74) is 0.401. The van der Waals surface area contributed by atoms with Crippen LogP contribution in [0.3, 0.4) is 0 Å². The van der Waals surface area contributed by atoms with Crippen LogP contribution in [0.1, 0.15) is 10.4 Å². The Kier molecular flexibility index (Phi) is 4.95. The summed E-state index contributed by atoms with van der Waals surface area (Å²) in [5, 5.41) is 18.1. The quantitative estimate of drug-likeness (QED) is 0.658. The molecule has 0 atom stereocenters. The monoisotopic (exact) mass is 296 g/mol. The molecule has 0 bridgehead atoms. The Labute approximate surface area is 118 Å². The van der Waals surface area contributed by atoms with Gasteiger partial charge in [-0.25, -0.2) is 4.79 Å². The normalized spacial score (nSPS) is 14.6. The molecule has 4 nitrogen and oxygen atoms in total. The van der Waals surface area contributed by atoms with Crippen molar-refractivity contribution in [3.8, 4) is 5.75 Å². The molecule has 1 aliphatic rings. The van der Waals surface area contributed by atoms with Crippen LogP contribution in [0.4, 0.5) is 0 Å². The Hall–Kier alpha value is -1.37. The number of hydrogen-bond donors (Lipinski definition) is 2. The standard InChI is InChI=1S/C13H12O4S2/c14-7-11-5-6-12(19-18-11)8-17-13(16)9-1-3-10(15)4-2-9/h1-6,14-15H,7-8H2. The van der Waals surface area contributed by atoms with Gasteiger partial charge in [-0.1, -0.05) is 21.6 Å². The summed E-state index contributed by atoms with van der Waals surface area (Å²) in [5.74, 6) is -0.316. The van der Waals surface area contributed by atoms with Crippen molar-refractivity contribution in [3.05, 3.63) is 51.8 Å².